The van der Waals surface area contributed by atoms with Crippen molar-refractivity contribution in [2.45, 2.75) is 33.2 Å². The number of aromatic nitrogens is 2. The van der Waals surface area contributed by atoms with Gasteiger partial charge in [-0.05, 0) is 40.8 Å². The molecule has 0 saturated carbocycles. The van der Waals surface area contributed by atoms with E-state index in [2.05, 4.69) is 40.5 Å². The Hall–Kier alpha value is -0.680. The second-order valence-electron chi connectivity index (χ2n) is 4.00. The third-order valence-corrected chi connectivity index (χ3v) is 3.14. The molecule has 4 nitrogen and oxygen atoms in total. The minimum absolute atomic E-state index is 0.619. The highest BCUT2D eigenvalue weighted by Crippen LogP contribution is 2.09. The van der Waals surface area contributed by atoms with Gasteiger partial charge in [0.05, 0.1) is 0 Å². The van der Waals surface area contributed by atoms with Crippen LogP contribution in [0.1, 0.15) is 26.1 Å². The average molecular weight is 228 g/mol. The molecule has 0 bridgehead atoms. The summed E-state index contributed by atoms with van der Waals surface area (Å²) >= 11 is 1.43. The molecule has 0 unspecified atom stereocenters. The molecule has 15 heavy (non-hydrogen) atoms. The molecule has 5 heteroatoms. The van der Waals surface area contributed by atoms with Gasteiger partial charge in [-0.1, -0.05) is 0 Å². The van der Waals surface area contributed by atoms with E-state index < -0.39 is 0 Å². The van der Waals surface area contributed by atoms with E-state index in [1.807, 2.05) is 6.92 Å². The van der Waals surface area contributed by atoms with Crippen LogP contribution in [-0.4, -0.2) is 40.4 Å². The van der Waals surface area contributed by atoms with Crippen LogP contribution >= 0.6 is 11.5 Å². The number of aryl methyl sites for hydroxylation is 1. The Morgan fingerprint density at radius 3 is 2.73 bits per heavy atom. The molecule has 0 aromatic carbocycles. The lowest BCUT2D eigenvalue weighted by Crippen LogP contribution is -2.28. The van der Waals surface area contributed by atoms with E-state index in [-0.39, 0.29) is 0 Å². The first-order valence-electron chi connectivity index (χ1n) is 5.34. The lowest BCUT2D eigenvalue weighted by molar-refractivity contribution is 0.273. The van der Waals surface area contributed by atoms with Crippen molar-refractivity contribution in [1.29, 1.82) is 0 Å². The van der Waals surface area contributed by atoms with Crippen molar-refractivity contribution in [2.75, 3.05) is 25.5 Å². The number of anilines is 1. The Kier molecular flexibility index (Phi) is 4.98. The van der Waals surface area contributed by atoms with Gasteiger partial charge in [-0.3, -0.25) is 0 Å². The SMILES string of the molecule is Cc1nsc(NCCCN(C)C(C)C)n1. The van der Waals surface area contributed by atoms with Crippen molar-refractivity contribution in [3.8, 4) is 0 Å². The quantitative estimate of drug-likeness (QED) is 0.756. The van der Waals surface area contributed by atoms with Gasteiger partial charge in [-0.15, -0.1) is 0 Å². The summed E-state index contributed by atoms with van der Waals surface area (Å²) in [4.78, 5) is 6.59. The third kappa shape index (κ3) is 4.57. The molecular formula is C10H20N4S. The van der Waals surface area contributed by atoms with E-state index in [0.717, 1.165) is 30.5 Å². The third-order valence-electron chi connectivity index (χ3n) is 2.37. The van der Waals surface area contributed by atoms with Gasteiger partial charge < -0.3 is 10.2 Å². The lowest BCUT2D eigenvalue weighted by atomic mass is 10.3. The minimum atomic E-state index is 0.619. The summed E-state index contributed by atoms with van der Waals surface area (Å²) in [5.74, 6) is 0.849. The van der Waals surface area contributed by atoms with Crippen molar-refractivity contribution in [3.05, 3.63) is 5.82 Å². The van der Waals surface area contributed by atoms with E-state index in [1.165, 1.54) is 11.5 Å². The summed E-state index contributed by atoms with van der Waals surface area (Å²) < 4.78 is 4.12. The van der Waals surface area contributed by atoms with Crippen LogP contribution in [0.2, 0.25) is 0 Å². The van der Waals surface area contributed by atoms with Crippen LogP contribution < -0.4 is 5.32 Å². The maximum Gasteiger partial charge on any atom is 0.202 e. The van der Waals surface area contributed by atoms with Gasteiger partial charge in [0.1, 0.15) is 5.82 Å². The van der Waals surface area contributed by atoms with E-state index in [0.29, 0.717) is 6.04 Å². The van der Waals surface area contributed by atoms with Crippen LogP contribution in [0.3, 0.4) is 0 Å². The van der Waals surface area contributed by atoms with Gasteiger partial charge >= 0.3 is 0 Å². The smallest absolute Gasteiger partial charge is 0.202 e. The van der Waals surface area contributed by atoms with E-state index >= 15 is 0 Å². The first-order valence-corrected chi connectivity index (χ1v) is 6.11. The van der Waals surface area contributed by atoms with Crippen molar-refractivity contribution >= 4 is 16.7 Å². The van der Waals surface area contributed by atoms with Crippen LogP contribution in [0, 0.1) is 6.92 Å². The zero-order chi connectivity index (χ0) is 11.3. The molecule has 0 atom stereocenters. The van der Waals surface area contributed by atoms with Crippen LogP contribution in [-0.2, 0) is 0 Å². The van der Waals surface area contributed by atoms with Gasteiger partial charge in [-0.25, -0.2) is 4.98 Å². The molecule has 0 saturated heterocycles. The van der Waals surface area contributed by atoms with Crippen LogP contribution in [0.25, 0.3) is 0 Å². The Labute approximate surface area is 95.9 Å². The van der Waals surface area contributed by atoms with Crippen LogP contribution in [0.4, 0.5) is 5.13 Å². The largest absolute Gasteiger partial charge is 0.360 e. The van der Waals surface area contributed by atoms with Crippen LogP contribution in [0.15, 0.2) is 0 Å². The van der Waals surface area contributed by atoms with Crippen LogP contribution in [0.5, 0.6) is 0 Å². The summed E-state index contributed by atoms with van der Waals surface area (Å²) in [7, 11) is 2.15. The molecule has 1 heterocycles. The molecule has 0 amide bonds. The molecule has 1 aromatic heterocycles. The molecule has 86 valence electrons. The van der Waals surface area contributed by atoms with E-state index in [9.17, 15) is 0 Å². The van der Waals surface area contributed by atoms with E-state index in [1.54, 1.807) is 0 Å². The summed E-state index contributed by atoms with van der Waals surface area (Å²) in [5, 5.41) is 4.21. The molecule has 1 rings (SSSR count). The number of nitrogens with one attached hydrogen (secondary N) is 1. The zero-order valence-corrected chi connectivity index (χ0v) is 10.8. The minimum Gasteiger partial charge on any atom is -0.360 e. The highest BCUT2D eigenvalue weighted by molar-refractivity contribution is 7.09. The summed E-state index contributed by atoms with van der Waals surface area (Å²) in [6, 6.07) is 0.619. The number of hydrogen-bond donors (Lipinski definition) is 1. The molecule has 0 aliphatic heterocycles. The monoisotopic (exact) mass is 228 g/mol. The van der Waals surface area contributed by atoms with Gasteiger partial charge in [0.15, 0.2) is 0 Å². The molecule has 0 fully saturated rings. The average Bonchev–Trinajstić information content (AvgIpc) is 2.58. The number of hydrogen-bond acceptors (Lipinski definition) is 5. The highest BCUT2D eigenvalue weighted by Gasteiger charge is 2.02. The summed E-state index contributed by atoms with van der Waals surface area (Å²) in [6.45, 7) is 8.41. The second-order valence-corrected chi connectivity index (χ2v) is 4.75. The maximum atomic E-state index is 4.25. The fourth-order valence-corrected chi connectivity index (χ4v) is 1.75. The van der Waals surface area contributed by atoms with Gasteiger partial charge in [-0.2, -0.15) is 4.37 Å². The summed E-state index contributed by atoms with van der Waals surface area (Å²) in [5.41, 5.74) is 0. The van der Waals surface area contributed by atoms with Crippen molar-refractivity contribution in [2.24, 2.45) is 0 Å². The molecule has 0 aliphatic rings. The van der Waals surface area contributed by atoms with Gasteiger partial charge in [0, 0.05) is 24.1 Å². The standard InChI is InChI=1S/C10H20N4S/c1-8(2)14(4)7-5-6-11-10-12-9(3)13-15-10/h8H,5-7H2,1-4H3,(H,11,12,13). The summed E-state index contributed by atoms with van der Waals surface area (Å²) in [6.07, 6.45) is 1.13. The number of rotatable bonds is 6. The molecule has 0 radical (unpaired) electrons. The van der Waals surface area contributed by atoms with Crippen molar-refractivity contribution in [1.82, 2.24) is 14.3 Å². The molecule has 1 aromatic rings. The molecule has 0 spiro atoms. The van der Waals surface area contributed by atoms with E-state index in [4.69, 9.17) is 0 Å². The van der Waals surface area contributed by atoms with Crippen molar-refractivity contribution < 1.29 is 0 Å². The van der Waals surface area contributed by atoms with Gasteiger partial charge in [0.25, 0.3) is 0 Å². The zero-order valence-electron chi connectivity index (χ0n) is 9.95. The Morgan fingerprint density at radius 2 is 2.20 bits per heavy atom. The maximum absolute atomic E-state index is 4.25. The fourth-order valence-electron chi connectivity index (χ4n) is 1.15. The predicted octanol–water partition coefficient (Wildman–Crippen LogP) is 1.99. The normalized spacial score (nSPS) is 11.3. The molecule has 1 N–H and O–H groups in total. The Balaban J connectivity index is 2.12. The lowest BCUT2D eigenvalue weighted by Gasteiger charge is -2.20. The first kappa shape index (κ1) is 12.4. The molecule has 0 aliphatic carbocycles. The Bertz CT molecular complexity index is 285. The predicted molar refractivity (Wildman–Crippen MR) is 65.5 cm³/mol. The first-order chi connectivity index (χ1) is 7.09. The van der Waals surface area contributed by atoms with Gasteiger partial charge in [0.2, 0.25) is 5.13 Å². The highest BCUT2D eigenvalue weighted by atomic mass is 32.1. The molecular weight excluding hydrogens is 208 g/mol. The second kappa shape index (κ2) is 6.02. The van der Waals surface area contributed by atoms with Crippen molar-refractivity contribution in [3.63, 3.8) is 0 Å². The topological polar surface area (TPSA) is 41.1 Å². The Morgan fingerprint density at radius 1 is 1.47 bits per heavy atom. The number of nitrogens with zero attached hydrogens (tertiary/aromatic N) is 3. The fraction of sp³-hybridized carbons (Fsp3) is 0.800.